The molecule has 2 heterocycles. The molecule has 1 aliphatic heterocycles. The number of benzene rings is 2. The Bertz CT molecular complexity index is 1200. The largest absolute Gasteiger partial charge is 0.480 e. The Kier molecular flexibility index (Phi) is 6.55. The molecule has 170 valence electrons. The lowest BCUT2D eigenvalue weighted by Gasteiger charge is -2.23. The molecular weight excluding hydrogens is 452 g/mol. The average Bonchev–Trinajstić information content (AvgIpc) is 2.89. The molecule has 6 nitrogen and oxygen atoms in total. The van der Waals surface area contributed by atoms with E-state index in [4.69, 9.17) is 16.3 Å². The van der Waals surface area contributed by atoms with Gasteiger partial charge in [0, 0.05) is 36.6 Å². The van der Waals surface area contributed by atoms with Crippen molar-refractivity contribution in [1.29, 1.82) is 0 Å². The normalized spacial score (nSPS) is 15.5. The Hall–Kier alpha value is -3.52. The number of halogens is 3. The molecule has 0 saturated heterocycles. The molecule has 1 aromatic heterocycles. The summed E-state index contributed by atoms with van der Waals surface area (Å²) in [6.45, 7) is 1.97. The monoisotopic (exact) mass is 471 g/mol. The van der Waals surface area contributed by atoms with E-state index < -0.39 is 23.6 Å². The molecular formula is C24H20ClF2N3O3. The summed E-state index contributed by atoms with van der Waals surface area (Å²) < 4.78 is 33.2. The van der Waals surface area contributed by atoms with Crippen molar-refractivity contribution in [2.45, 2.75) is 32.5 Å². The van der Waals surface area contributed by atoms with Gasteiger partial charge in [-0.1, -0.05) is 18.5 Å². The number of ether oxygens (including phenoxy) is 1. The van der Waals surface area contributed by atoms with E-state index in [-0.39, 0.29) is 29.7 Å². The summed E-state index contributed by atoms with van der Waals surface area (Å²) in [6, 6.07) is 11.4. The molecule has 0 fully saturated rings. The van der Waals surface area contributed by atoms with Gasteiger partial charge in [-0.15, -0.1) is 0 Å². The van der Waals surface area contributed by atoms with Crippen LogP contribution in [-0.2, 0) is 17.9 Å². The van der Waals surface area contributed by atoms with Crippen molar-refractivity contribution in [2.75, 3.05) is 5.32 Å². The number of nitrogens with one attached hydrogen (secondary N) is 1. The van der Waals surface area contributed by atoms with Crippen LogP contribution in [0.2, 0.25) is 5.15 Å². The molecule has 4 rings (SSSR count). The second-order valence-corrected chi connectivity index (χ2v) is 7.96. The first kappa shape index (κ1) is 22.7. The van der Waals surface area contributed by atoms with Crippen molar-refractivity contribution in [3.63, 3.8) is 0 Å². The number of hydrogen-bond acceptors (Lipinski definition) is 4. The summed E-state index contributed by atoms with van der Waals surface area (Å²) in [7, 11) is 0. The number of carbonyl (C=O) groups is 2. The molecule has 0 unspecified atom stereocenters. The minimum Gasteiger partial charge on any atom is -0.480 e. The second kappa shape index (κ2) is 9.54. The predicted octanol–water partition coefficient (Wildman–Crippen LogP) is 4.97. The zero-order valence-electron chi connectivity index (χ0n) is 17.6. The first-order valence-corrected chi connectivity index (χ1v) is 10.7. The van der Waals surface area contributed by atoms with Gasteiger partial charge in [-0.2, -0.15) is 0 Å². The minimum atomic E-state index is -0.737. The van der Waals surface area contributed by atoms with Crippen LogP contribution in [0.15, 0.2) is 54.7 Å². The van der Waals surface area contributed by atoms with E-state index in [2.05, 4.69) is 10.3 Å². The minimum absolute atomic E-state index is 0.00862. The SMILES string of the molecule is CC[C@@H]1Oc2ccc(NC(=O)c3cccnc3Cl)cc2CN(Cc2cc(F)cc(F)c2)C1=O. The fourth-order valence-electron chi connectivity index (χ4n) is 3.65. The van der Waals surface area contributed by atoms with Crippen LogP contribution in [0.4, 0.5) is 14.5 Å². The summed E-state index contributed by atoms with van der Waals surface area (Å²) in [6.07, 6.45) is 1.17. The summed E-state index contributed by atoms with van der Waals surface area (Å²) in [5.74, 6) is -1.64. The molecule has 2 aromatic carbocycles. The fraction of sp³-hybridized carbons (Fsp3) is 0.208. The van der Waals surface area contributed by atoms with Crippen molar-refractivity contribution >= 4 is 29.1 Å². The molecule has 0 aliphatic carbocycles. The topological polar surface area (TPSA) is 71.5 Å². The molecule has 9 heteroatoms. The smallest absolute Gasteiger partial charge is 0.264 e. The summed E-state index contributed by atoms with van der Waals surface area (Å²) in [4.78, 5) is 31.0. The van der Waals surface area contributed by atoms with Gasteiger partial charge in [-0.05, 0) is 54.4 Å². The van der Waals surface area contributed by atoms with Crippen molar-refractivity contribution in [2.24, 2.45) is 0 Å². The molecule has 3 aromatic rings. The lowest BCUT2D eigenvalue weighted by molar-refractivity contribution is -0.139. The molecule has 2 amide bonds. The van der Waals surface area contributed by atoms with Gasteiger partial charge in [-0.25, -0.2) is 13.8 Å². The van der Waals surface area contributed by atoms with Crippen LogP contribution in [0.25, 0.3) is 0 Å². The van der Waals surface area contributed by atoms with Crippen molar-refractivity contribution < 1.29 is 23.1 Å². The Balaban J connectivity index is 1.61. The number of anilines is 1. The van der Waals surface area contributed by atoms with Gasteiger partial charge in [0.15, 0.2) is 6.10 Å². The molecule has 0 saturated carbocycles. The molecule has 0 bridgehead atoms. The number of amides is 2. The molecule has 33 heavy (non-hydrogen) atoms. The van der Waals surface area contributed by atoms with Crippen LogP contribution in [0.1, 0.15) is 34.8 Å². The fourth-order valence-corrected chi connectivity index (χ4v) is 3.86. The lowest BCUT2D eigenvalue weighted by Crippen LogP contribution is -2.38. The lowest BCUT2D eigenvalue weighted by atomic mass is 10.1. The zero-order chi connectivity index (χ0) is 23.5. The maximum Gasteiger partial charge on any atom is 0.264 e. The highest BCUT2D eigenvalue weighted by molar-refractivity contribution is 6.33. The van der Waals surface area contributed by atoms with Gasteiger partial charge in [0.2, 0.25) is 0 Å². The maximum atomic E-state index is 13.7. The highest BCUT2D eigenvalue weighted by Crippen LogP contribution is 2.30. The van der Waals surface area contributed by atoms with Crippen molar-refractivity contribution in [3.05, 3.63) is 88.2 Å². The van der Waals surface area contributed by atoms with Crippen LogP contribution < -0.4 is 10.1 Å². The third kappa shape index (κ3) is 5.12. The number of nitrogens with zero attached hydrogens (tertiary/aromatic N) is 2. The number of fused-ring (bicyclic) bond motifs is 1. The van der Waals surface area contributed by atoms with E-state index in [0.29, 0.717) is 29.0 Å². The van der Waals surface area contributed by atoms with Crippen LogP contribution in [0.5, 0.6) is 5.75 Å². The van der Waals surface area contributed by atoms with Crippen LogP contribution in [0.3, 0.4) is 0 Å². The summed E-state index contributed by atoms with van der Waals surface area (Å²) in [5, 5.41) is 2.85. The van der Waals surface area contributed by atoms with Gasteiger partial charge < -0.3 is 15.0 Å². The zero-order valence-corrected chi connectivity index (χ0v) is 18.4. The Morgan fingerprint density at radius 2 is 1.97 bits per heavy atom. The quantitative estimate of drug-likeness (QED) is 0.533. The number of aromatic nitrogens is 1. The van der Waals surface area contributed by atoms with Gasteiger partial charge in [-0.3, -0.25) is 9.59 Å². The van der Waals surface area contributed by atoms with E-state index in [9.17, 15) is 18.4 Å². The Labute approximate surface area is 194 Å². The highest BCUT2D eigenvalue weighted by atomic mass is 35.5. The molecule has 1 atom stereocenters. The molecule has 1 aliphatic rings. The summed E-state index contributed by atoms with van der Waals surface area (Å²) in [5.41, 5.74) is 1.67. The van der Waals surface area contributed by atoms with Crippen LogP contribution >= 0.6 is 11.6 Å². The van der Waals surface area contributed by atoms with Crippen LogP contribution in [-0.4, -0.2) is 27.8 Å². The number of rotatable bonds is 5. The molecule has 0 spiro atoms. The predicted molar refractivity (Wildman–Crippen MR) is 119 cm³/mol. The third-order valence-electron chi connectivity index (χ3n) is 5.21. The first-order valence-electron chi connectivity index (χ1n) is 10.3. The molecule has 0 radical (unpaired) electrons. The van der Waals surface area contributed by atoms with E-state index in [1.807, 2.05) is 6.92 Å². The van der Waals surface area contributed by atoms with Crippen molar-refractivity contribution in [1.82, 2.24) is 9.88 Å². The Morgan fingerprint density at radius 3 is 2.67 bits per heavy atom. The van der Waals surface area contributed by atoms with Gasteiger partial charge in [0.1, 0.15) is 22.5 Å². The third-order valence-corrected chi connectivity index (χ3v) is 5.51. The number of carbonyl (C=O) groups excluding carboxylic acids is 2. The highest BCUT2D eigenvalue weighted by Gasteiger charge is 2.30. The Morgan fingerprint density at radius 1 is 1.21 bits per heavy atom. The van der Waals surface area contributed by atoms with E-state index in [1.165, 1.54) is 23.2 Å². The van der Waals surface area contributed by atoms with E-state index in [1.54, 1.807) is 30.3 Å². The van der Waals surface area contributed by atoms with Gasteiger partial charge >= 0.3 is 0 Å². The van der Waals surface area contributed by atoms with E-state index in [0.717, 1.165) is 6.07 Å². The second-order valence-electron chi connectivity index (χ2n) is 7.61. The standard InChI is InChI=1S/C24H20ClF2N3O3/c1-2-20-24(32)30(12-14-8-16(26)11-17(27)9-14)13-15-10-18(5-6-21(15)33-20)29-23(31)19-4-3-7-28-22(19)25/h3-11,20H,2,12-13H2,1H3,(H,29,31)/t20-/m0/s1. The maximum absolute atomic E-state index is 13.7. The van der Waals surface area contributed by atoms with Gasteiger partial charge in [0.05, 0.1) is 5.56 Å². The van der Waals surface area contributed by atoms with Gasteiger partial charge in [0.25, 0.3) is 11.8 Å². The molecule has 1 N–H and O–H groups in total. The summed E-state index contributed by atoms with van der Waals surface area (Å²) >= 11 is 6.00. The number of pyridine rings is 1. The van der Waals surface area contributed by atoms with Crippen molar-refractivity contribution in [3.8, 4) is 5.75 Å². The first-order chi connectivity index (χ1) is 15.8. The van der Waals surface area contributed by atoms with E-state index >= 15 is 0 Å². The number of hydrogen-bond donors (Lipinski definition) is 1. The average molecular weight is 472 g/mol. The van der Waals surface area contributed by atoms with Crippen LogP contribution in [0, 0.1) is 11.6 Å².